The van der Waals surface area contributed by atoms with Crippen LogP contribution < -0.4 is 10.2 Å². The van der Waals surface area contributed by atoms with Gasteiger partial charge in [-0.1, -0.05) is 36.4 Å². The van der Waals surface area contributed by atoms with E-state index in [2.05, 4.69) is 37.5 Å². The van der Waals surface area contributed by atoms with E-state index in [4.69, 9.17) is 4.74 Å². The second-order valence-corrected chi connectivity index (χ2v) is 7.36. The second-order valence-electron chi connectivity index (χ2n) is 6.51. The molecule has 0 aliphatic heterocycles. The Morgan fingerprint density at radius 1 is 1.03 bits per heavy atom. The lowest BCUT2D eigenvalue weighted by Crippen LogP contribution is -1.99. The number of halogens is 1. The van der Waals surface area contributed by atoms with E-state index < -0.39 is 0 Å². The van der Waals surface area contributed by atoms with Gasteiger partial charge in [0, 0.05) is 10.9 Å². The van der Waals surface area contributed by atoms with Crippen molar-refractivity contribution in [2.75, 3.05) is 5.43 Å². The minimum atomic E-state index is 0.324. The predicted molar refractivity (Wildman–Crippen MR) is 123 cm³/mol. The third kappa shape index (κ3) is 4.65. The molecule has 1 N–H and O–H groups in total. The Labute approximate surface area is 182 Å². The van der Waals surface area contributed by atoms with Crippen LogP contribution in [0.3, 0.4) is 0 Å². The Morgan fingerprint density at radius 3 is 2.73 bits per heavy atom. The molecule has 5 nitrogen and oxygen atoms in total. The Bertz CT molecular complexity index is 1260. The fourth-order valence-electron chi connectivity index (χ4n) is 2.93. The van der Waals surface area contributed by atoms with Gasteiger partial charge in [-0.15, -0.1) is 0 Å². The summed E-state index contributed by atoms with van der Waals surface area (Å²) in [5.41, 5.74) is 6.25. The molecule has 0 unspecified atom stereocenters. The number of aromatic nitrogens is 1. The van der Waals surface area contributed by atoms with Gasteiger partial charge < -0.3 is 4.74 Å². The molecule has 0 saturated heterocycles. The molecule has 0 radical (unpaired) electrons. The number of fused-ring (bicyclic) bond motifs is 1. The van der Waals surface area contributed by atoms with E-state index >= 15 is 0 Å². The number of hydrogen-bond donors (Lipinski definition) is 1. The molecule has 6 heteroatoms. The number of benzene rings is 3. The standard InChI is InChI=1S/C24H17BrN4O/c25-21-13-17(9-11-23(21)30-16-20-7-2-1-6-19(20)14-26)15-27-29-24-12-10-18-5-3-4-8-22(18)28-24/h1-13,15H,16H2,(H,28,29). The third-order valence-electron chi connectivity index (χ3n) is 4.47. The maximum atomic E-state index is 9.18. The lowest BCUT2D eigenvalue weighted by atomic mass is 10.1. The van der Waals surface area contributed by atoms with Crippen molar-refractivity contribution in [3.05, 3.63) is 100 Å². The monoisotopic (exact) mass is 456 g/mol. The SMILES string of the molecule is N#Cc1ccccc1COc1ccc(C=NNc2ccc3ccccc3n2)cc1Br. The second kappa shape index (κ2) is 9.21. The molecule has 1 heterocycles. The molecule has 0 aliphatic rings. The molecule has 4 aromatic rings. The summed E-state index contributed by atoms with van der Waals surface area (Å²) in [6, 6.07) is 27.1. The average Bonchev–Trinajstić information content (AvgIpc) is 2.78. The van der Waals surface area contributed by atoms with Gasteiger partial charge in [-0.25, -0.2) is 4.98 Å². The number of nitrogens with one attached hydrogen (secondary N) is 1. The van der Waals surface area contributed by atoms with Crippen molar-refractivity contribution in [3.63, 3.8) is 0 Å². The molecule has 0 amide bonds. The first-order chi connectivity index (χ1) is 14.7. The summed E-state index contributed by atoms with van der Waals surface area (Å²) in [5, 5.41) is 14.5. The summed E-state index contributed by atoms with van der Waals surface area (Å²) in [5.74, 6) is 1.38. The van der Waals surface area contributed by atoms with Gasteiger partial charge in [0.15, 0.2) is 0 Å². The maximum absolute atomic E-state index is 9.18. The molecule has 3 aromatic carbocycles. The van der Waals surface area contributed by atoms with Crippen LogP contribution in [-0.4, -0.2) is 11.2 Å². The average molecular weight is 457 g/mol. The van der Waals surface area contributed by atoms with E-state index in [1.165, 1.54) is 0 Å². The predicted octanol–water partition coefficient (Wildman–Crippen LogP) is 5.89. The van der Waals surface area contributed by atoms with E-state index in [0.29, 0.717) is 23.7 Å². The van der Waals surface area contributed by atoms with Crippen molar-refractivity contribution in [1.29, 1.82) is 5.26 Å². The summed E-state index contributed by atoms with van der Waals surface area (Å²) in [6.45, 7) is 0.324. The number of hydrazone groups is 1. The topological polar surface area (TPSA) is 70.3 Å². The smallest absolute Gasteiger partial charge is 0.146 e. The van der Waals surface area contributed by atoms with E-state index in [0.717, 1.165) is 26.5 Å². The highest BCUT2D eigenvalue weighted by atomic mass is 79.9. The lowest BCUT2D eigenvalue weighted by molar-refractivity contribution is 0.304. The first kappa shape index (κ1) is 19.6. The van der Waals surface area contributed by atoms with Gasteiger partial charge >= 0.3 is 0 Å². The molecule has 0 aliphatic carbocycles. The van der Waals surface area contributed by atoms with E-state index in [-0.39, 0.29) is 0 Å². The lowest BCUT2D eigenvalue weighted by Gasteiger charge is -2.10. The molecule has 0 spiro atoms. The number of pyridine rings is 1. The van der Waals surface area contributed by atoms with Crippen molar-refractivity contribution in [1.82, 2.24) is 4.98 Å². The zero-order chi connectivity index (χ0) is 20.8. The maximum Gasteiger partial charge on any atom is 0.146 e. The molecule has 1 aromatic heterocycles. The van der Waals surface area contributed by atoms with Gasteiger partial charge in [-0.3, -0.25) is 5.43 Å². The number of nitriles is 1. The van der Waals surface area contributed by atoms with E-state index in [1.54, 1.807) is 12.3 Å². The highest BCUT2D eigenvalue weighted by Crippen LogP contribution is 2.27. The number of nitrogens with zero attached hydrogens (tertiary/aromatic N) is 3. The van der Waals surface area contributed by atoms with Crippen LogP contribution in [0.4, 0.5) is 5.82 Å². The van der Waals surface area contributed by atoms with Gasteiger partial charge in [0.25, 0.3) is 0 Å². The van der Waals surface area contributed by atoms with Gasteiger partial charge in [0.1, 0.15) is 18.2 Å². The Balaban J connectivity index is 1.40. The van der Waals surface area contributed by atoms with Crippen LogP contribution in [0, 0.1) is 11.3 Å². The van der Waals surface area contributed by atoms with Gasteiger partial charge in [0.05, 0.1) is 27.8 Å². The first-order valence-corrected chi connectivity index (χ1v) is 10.1. The van der Waals surface area contributed by atoms with Crippen LogP contribution in [0.25, 0.3) is 10.9 Å². The van der Waals surface area contributed by atoms with E-state index in [1.807, 2.05) is 72.8 Å². The Morgan fingerprint density at radius 2 is 1.87 bits per heavy atom. The van der Waals surface area contributed by atoms with Gasteiger partial charge in [-0.05, 0) is 64.0 Å². The van der Waals surface area contributed by atoms with Crippen LogP contribution in [-0.2, 0) is 6.61 Å². The fourth-order valence-corrected chi connectivity index (χ4v) is 3.44. The highest BCUT2D eigenvalue weighted by molar-refractivity contribution is 9.10. The largest absolute Gasteiger partial charge is 0.488 e. The Kier molecular flexibility index (Phi) is 6.02. The van der Waals surface area contributed by atoms with Crippen molar-refractivity contribution >= 4 is 38.9 Å². The third-order valence-corrected chi connectivity index (χ3v) is 5.09. The van der Waals surface area contributed by atoms with Crippen LogP contribution in [0.15, 0.2) is 88.4 Å². The first-order valence-electron chi connectivity index (χ1n) is 9.28. The molecule has 0 fully saturated rings. The number of para-hydroxylation sites is 1. The molecule has 0 atom stereocenters. The highest BCUT2D eigenvalue weighted by Gasteiger charge is 2.05. The number of ether oxygens (including phenoxy) is 1. The minimum Gasteiger partial charge on any atom is -0.488 e. The molecular formula is C24H17BrN4O. The van der Waals surface area contributed by atoms with Gasteiger partial charge in [-0.2, -0.15) is 10.4 Å². The molecule has 146 valence electrons. The normalized spacial score (nSPS) is 10.8. The zero-order valence-electron chi connectivity index (χ0n) is 15.9. The van der Waals surface area contributed by atoms with E-state index in [9.17, 15) is 5.26 Å². The van der Waals surface area contributed by atoms with Crippen molar-refractivity contribution in [3.8, 4) is 11.8 Å². The number of anilines is 1. The van der Waals surface area contributed by atoms with Crippen molar-refractivity contribution < 1.29 is 4.74 Å². The van der Waals surface area contributed by atoms with Crippen molar-refractivity contribution in [2.24, 2.45) is 5.10 Å². The zero-order valence-corrected chi connectivity index (χ0v) is 17.5. The molecule has 4 rings (SSSR count). The summed E-state index contributed by atoms with van der Waals surface area (Å²) in [4.78, 5) is 4.53. The number of rotatable bonds is 6. The molecular weight excluding hydrogens is 440 g/mol. The minimum absolute atomic E-state index is 0.324. The number of hydrogen-bond acceptors (Lipinski definition) is 5. The van der Waals surface area contributed by atoms with Crippen LogP contribution in [0.1, 0.15) is 16.7 Å². The fraction of sp³-hybridized carbons (Fsp3) is 0.0417. The summed E-state index contributed by atoms with van der Waals surface area (Å²) in [6.07, 6.45) is 1.72. The van der Waals surface area contributed by atoms with Crippen LogP contribution >= 0.6 is 15.9 Å². The molecule has 0 bridgehead atoms. The summed E-state index contributed by atoms with van der Waals surface area (Å²) in [7, 11) is 0. The summed E-state index contributed by atoms with van der Waals surface area (Å²) >= 11 is 3.54. The quantitative estimate of drug-likeness (QED) is 0.289. The van der Waals surface area contributed by atoms with Crippen molar-refractivity contribution in [2.45, 2.75) is 6.61 Å². The van der Waals surface area contributed by atoms with Crippen LogP contribution in [0.5, 0.6) is 5.75 Å². The van der Waals surface area contributed by atoms with Crippen LogP contribution in [0.2, 0.25) is 0 Å². The molecule has 0 saturated carbocycles. The van der Waals surface area contributed by atoms with Gasteiger partial charge in [0.2, 0.25) is 0 Å². The summed E-state index contributed by atoms with van der Waals surface area (Å²) < 4.78 is 6.68. The molecule has 30 heavy (non-hydrogen) atoms. The Hall–Kier alpha value is -3.69.